The van der Waals surface area contributed by atoms with Gasteiger partial charge in [-0.1, -0.05) is 32.9 Å². The van der Waals surface area contributed by atoms with Crippen LogP contribution in [0.5, 0.6) is 5.75 Å². The summed E-state index contributed by atoms with van der Waals surface area (Å²) in [6, 6.07) is 8.14. The molecule has 1 aromatic carbocycles. The summed E-state index contributed by atoms with van der Waals surface area (Å²) in [4.78, 5) is 11.7. The molecule has 0 aromatic heterocycles. The fraction of sp³-hybridized carbons (Fsp3) is 0.562. The van der Waals surface area contributed by atoms with Crippen molar-refractivity contribution in [1.29, 1.82) is 0 Å². The minimum Gasteiger partial charge on any atom is -0.497 e. The van der Waals surface area contributed by atoms with Crippen LogP contribution in [-0.2, 0) is 4.79 Å². The molecule has 0 bridgehead atoms. The van der Waals surface area contributed by atoms with Gasteiger partial charge in [0.05, 0.1) is 13.7 Å². The standard InChI is InChI=1S/C16H26N2O2/c1-5-15(13-6-8-14(20-4)9-7-13)17-11-16(19)18-10-12(2)3/h6-9,12,15,17H,5,10-11H2,1-4H3,(H,18,19). The van der Waals surface area contributed by atoms with E-state index in [9.17, 15) is 4.79 Å². The van der Waals surface area contributed by atoms with Crippen molar-refractivity contribution in [3.8, 4) is 5.75 Å². The van der Waals surface area contributed by atoms with E-state index in [1.54, 1.807) is 7.11 Å². The van der Waals surface area contributed by atoms with E-state index in [1.807, 2.05) is 24.3 Å². The monoisotopic (exact) mass is 278 g/mol. The number of hydrogen-bond acceptors (Lipinski definition) is 3. The van der Waals surface area contributed by atoms with Gasteiger partial charge < -0.3 is 15.4 Å². The molecule has 0 saturated heterocycles. The molecule has 0 spiro atoms. The third-order valence-electron chi connectivity index (χ3n) is 3.14. The van der Waals surface area contributed by atoms with Crippen molar-refractivity contribution in [3.05, 3.63) is 29.8 Å². The molecule has 0 heterocycles. The molecule has 1 rings (SSSR count). The van der Waals surface area contributed by atoms with Gasteiger partial charge in [0.15, 0.2) is 0 Å². The van der Waals surface area contributed by atoms with Crippen LogP contribution in [0.2, 0.25) is 0 Å². The van der Waals surface area contributed by atoms with Crippen LogP contribution in [0.3, 0.4) is 0 Å². The van der Waals surface area contributed by atoms with E-state index in [1.165, 1.54) is 5.56 Å². The molecule has 4 nitrogen and oxygen atoms in total. The minimum absolute atomic E-state index is 0.0469. The van der Waals surface area contributed by atoms with Gasteiger partial charge in [0.25, 0.3) is 0 Å². The Morgan fingerprint density at radius 3 is 2.40 bits per heavy atom. The molecule has 0 saturated carbocycles. The van der Waals surface area contributed by atoms with Crippen molar-refractivity contribution in [2.24, 2.45) is 5.92 Å². The fourth-order valence-corrected chi connectivity index (χ4v) is 1.93. The third kappa shape index (κ3) is 5.61. The molecule has 1 amide bonds. The maximum atomic E-state index is 11.7. The lowest BCUT2D eigenvalue weighted by atomic mass is 10.0. The number of benzene rings is 1. The summed E-state index contributed by atoms with van der Waals surface area (Å²) in [6.45, 7) is 7.34. The van der Waals surface area contributed by atoms with E-state index in [4.69, 9.17) is 4.74 Å². The van der Waals surface area contributed by atoms with Crippen LogP contribution in [0.25, 0.3) is 0 Å². The number of nitrogens with one attached hydrogen (secondary N) is 2. The summed E-state index contributed by atoms with van der Waals surface area (Å²) < 4.78 is 5.15. The number of rotatable bonds is 8. The molecule has 0 fully saturated rings. The second kappa shape index (κ2) is 8.59. The van der Waals surface area contributed by atoms with Gasteiger partial charge in [0.1, 0.15) is 5.75 Å². The second-order valence-corrected chi connectivity index (χ2v) is 5.31. The van der Waals surface area contributed by atoms with E-state index in [0.717, 1.165) is 18.7 Å². The van der Waals surface area contributed by atoms with E-state index >= 15 is 0 Å². The van der Waals surface area contributed by atoms with Crippen molar-refractivity contribution >= 4 is 5.91 Å². The zero-order chi connectivity index (χ0) is 15.0. The van der Waals surface area contributed by atoms with Crippen LogP contribution in [-0.4, -0.2) is 26.1 Å². The second-order valence-electron chi connectivity index (χ2n) is 5.31. The predicted octanol–water partition coefficient (Wildman–Crippen LogP) is 2.51. The van der Waals surface area contributed by atoms with E-state index in [2.05, 4.69) is 31.4 Å². The molecule has 0 aliphatic carbocycles. The number of methoxy groups -OCH3 is 1. The van der Waals surface area contributed by atoms with Crippen LogP contribution in [0, 0.1) is 5.92 Å². The van der Waals surface area contributed by atoms with Gasteiger partial charge in [-0.2, -0.15) is 0 Å². The van der Waals surface area contributed by atoms with Crippen molar-refractivity contribution in [2.75, 3.05) is 20.2 Å². The Morgan fingerprint density at radius 2 is 1.90 bits per heavy atom. The van der Waals surface area contributed by atoms with Crippen LogP contribution < -0.4 is 15.4 Å². The van der Waals surface area contributed by atoms with Crippen LogP contribution in [0.4, 0.5) is 0 Å². The molecular formula is C16H26N2O2. The van der Waals surface area contributed by atoms with E-state index in [-0.39, 0.29) is 11.9 Å². The van der Waals surface area contributed by atoms with Gasteiger partial charge in [-0.25, -0.2) is 0 Å². The fourth-order valence-electron chi connectivity index (χ4n) is 1.93. The molecule has 0 aliphatic rings. The topological polar surface area (TPSA) is 50.4 Å². The Hall–Kier alpha value is -1.55. The molecule has 1 unspecified atom stereocenters. The highest BCUT2D eigenvalue weighted by molar-refractivity contribution is 5.78. The highest BCUT2D eigenvalue weighted by Crippen LogP contribution is 2.19. The summed E-state index contributed by atoms with van der Waals surface area (Å²) in [5, 5.41) is 6.20. The molecule has 0 radical (unpaired) electrons. The summed E-state index contributed by atoms with van der Waals surface area (Å²) in [5.41, 5.74) is 1.17. The van der Waals surface area contributed by atoms with E-state index < -0.39 is 0 Å². The Labute approximate surface area is 121 Å². The van der Waals surface area contributed by atoms with Gasteiger partial charge in [0.2, 0.25) is 5.91 Å². The molecule has 1 aromatic rings. The van der Waals surface area contributed by atoms with Crippen molar-refractivity contribution < 1.29 is 9.53 Å². The quantitative estimate of drug-likeness (QED) is 0.768. The van der Waals surface area contributed by atoms with Crippen molar-refractivity contribution in [3.63, 3.8) is 0 Å². The van der Waals surface area contributed by atoms with Gasteiger partial charge in [-0.15, -0.1) is 0 Å². The summed E-state index contributed by atoms with van der Waals surface area (Å²) in [5.74, 6) is 1.37. The van der Waals surface area contributed by atoms with Gasteiger partial charge in [0, 0.05) is 12.6 Å². The summed E-state index contributed by atoms with van der Waals surface area (Å²) in [6.07, 6.45) is 0.934. The SMILES string of the molecule is CCC(NCC(=O)NCC(C)C)c1ccc(OC)cc1. The predicted molar refractivity (Wildman–Crippen MR) is 81.9 cm³/mol. The smallest absolute Gasteiger partial charge is 0.233 e. The number of carbonyl (C=O) groups is 1. The van der Waals surface area contributed by atoms with Gasteiger partial charge in [-0.05, 0) is 30.0 Å². The largest absolute Gasteiger partial charge is 0.497 e. The van der Waals surface area contributed by atoms with Gasteiger partial charge in [-0.3, -0.25) is 4.79 Å². The molecule has 4 heteroatoms. The van der Waals surface area contributed by atoms with E-state index in [0.29, 0.717) is 12.5 Å². The van der Waals surface area contributed by atoms with Crippen molar-refractivity contribution in [1.82, 2.24) is 10.6 Å². The zero-order valence-electron chi connectivity index (χ0n) is 12.9. The normalized spacial score (nSPS) is 12.2. The molecule has 20 heavy (non-hydrogen) atoms. The number of carbonyl (C=O) groups excluding carboxylic acids is 1. The first-order valence-corrected chi connectivity index (χ1v) is 7.20. The molecule has 1 atom stereocenters. The summed E-state index contributed by atoms with van der Waals surface area (Å²) in [7, 11) is 1.66. The van der Waals surface area contributed by atoms with Crippen LogP contribution in [0.1, 0.15) is 38.8 Å². The Bertz CT molecular complexity index is 401. The van der Waals surface area contributed by atoms with Crippen LogP contribution in [0.15, 0.2) is 24.3 Å². The number of amides is 1. The van der Waals surface area contributed by atoms with Gasteiger partial charge >= 0.3 is 0 Å². The summed E-state index contributed by atoms with van der Waals surface area (Å²) >= 11 is 0. The first-order chi connectivity index (χ1) is 9.56. The lowest BCUT2D eigenvalue weighted by Crippen LogP contribution is -2.37. The van der Waals surface area contributed by atoms with Crippen LogP contribution >= 0.6 is 0 Å². The Balaban J connectivity index is 2.47. The average molecular weight is 278 g/mol. The highest BCUT2D eigenvalue weighted by Gasteiger charge is 2.11. The lowest BCUT2D eigenvalue weighted by molar-refractivity contribution is -0.120. The first kappa shape index (κ1) is 16.5. The molecule has 0 aliphatic heterocycles. The number of hydrogen-bond donors (Lipinski definition) is 2. The molecular weight excluding hydrogens is 252 g/mol. The third-order valence-corrected chi connectivity index (χ3v) is 3.14. The lowest BCUT2D eigenvalue weighted by Gasteiger charge is -2.18. The first-order valence-electron chi connectivity index (χ1n) is 7.20. The minimum atomic E-state index is 0.0469. The molecule has 2 N–H and O–H groups in total. The molecule has 112 valence electrons. The maximum absolute atomic E-state index is 11.7. The number of ether oxygens (including phenoxy) is 1. The maximum Gasteiger partial charge on any atom is 0.233 e. The highest BCUT2D eigenvalue weighted by atomic mass is 16.5. The average Bonchev–Trinajstić information content (AvgIpc) is 2.46. The Morgan fingerprint density at radius 1 is 1.25 bits per heavy atom. The Kier molecular flexibility index (Phi) is 7.09. The zero-order valence-corrected chi connectivity index (χ0v) is 12.9. The van der Waals surface area contributed by atoms with Crippen molar-refractivity contribution in [2.45, 2.75) is 33.2 Å².